The molecule has 5 rings (SSSR count). The number of hydrogen-bond acceptors (Lipinski definition) is 3. The van der Waals surface area contributed by atoms with Crippen molar-refractivity contribution in [1.29, 1.82) is 0 Å². The smallest absolute Gasteiger partial charge is 0.0400 e. The van der Waals surface area contributed by atoms with Gasteiger partial charge < -0.3 is 16.8 Å². The highest BCUT2D eigenvalue weighted by Gasteiger charge is 2.37. The summed E-state index contributed by atoms with van der Waals surface area (Å²) in [6, 6.07) is 22.7. The second-order valence-electron chi connectivity index (χ2n) is 14.1. The molecule has 0 fully saturated rings. The average molecular weight is 838 g/mol. The van der Waals surface area contributed by atoms with Crippen LogP contribution in [0.2, 0.25) is 0 Å². The lowest BCUT2D eigenvalue weighted by molar-refractivity contribution is 0.657. The van der Waals surface area contributed by atoms with Crippen molar-refractivity contribution in [2.24, 2.45) is 17.4 Å². The SMILES string of the molecule is C=C/C=C1\C(=C/C)C(C)(C)c2cc(CNC(/C=C\C)=C(/C)C(C)/C=C\C(=C/C)c3ccc4c(c3)-c3ccccc3C4)ccc21.C=C/C=C\C=C(\C)N.CC.CC.CC.CC.CN. The van der Waals surface area contributed by atoms with Crippen LogP contribution in [-0.4, -0.2) is 7.05 Å². The molecule has 0 aromatic heterocycles. The van der Waals surface area contributed by atoms with Crippen molar-refractivity contribution in [1.82, 2.24) is 5.32 Å². The van der Waals surface area contributed by atoms with Gasteiger partial charge in [-0.05, 0) is 139 Å². The molecule has 0 bridgehead atoms. The maximum absolute atomic E-state index is 5.31. The summed E-state index contributed by atoms with van der Waals surface area (Å²) in [6.45, 7) is 41.6. The number of benzene rings is 3. The van der Waals surface area contributed by atoms with E-state index in [1.807, 2.05) is 86.6 Å². The molecule has 3 aromatic rings. The van der Waals surface area contributed by atoms with Gasteiger partial charge >= 0.3 is 0 Å². The van der Waals surface area contributed by atoms with Gasteiger partial charge in [-0.2, -0.15) is 0 Å². The van der Waals surface area contributed by atoms with Crippen LogP contribution in [0.4, 0.5) is 0 Å². The van der Waals surface area contributed by atoms with Crippen molar-refractivity contribution in [3.8, 4) is 11.1 Å². The van der Waals surface area contributed by atoms with Crippen LogP contribution in [0, 0.1) is 5.92 Å². The third-order valence-electron chi connectivity index (χ3n) is 10.1. The van der Waals surface area contributed by atoms with Gasteiger partial charge in [0.15, 0.2) is 0 Å². The zero-order chi connectivity index (χ0) is 47.8. The summed E-state index contributed by atoms with van der Waals surface area (Å²) in [4.78, 5) is 0. The lowest BCUT2D eigenvalue weighted by atomic mass is 9.81. The van der Waals surface area contributed by atoms with Crippen molar-refractivity contribution in [2.75, 3.05) is 7.05 Å². The largest absolute Gasteiger partial charge is 0.402 e. The first-order chi connectivity index (χ1) is 30.0. The molecule has 0 radical (unpaired) electrons. The summed E-state index contributed by atoms with van der Waals surface area (Å²) < 4.78 is 0. The highest BCUT2D eigenvalue weighted by molar-refractivity contribution is 5.90. The molecular formula is C59H87N3. The molecule has 0 aliphatic heterocycles. The molecule has 3 nitrogen and oxygen atoms in total. The van der Waals surface area contributed by atoms with E-state index in [-0.39, 0.29) is 11.3 Å². The molecule has 62 heavy (non-hydrogen) atoms. The van der Waals surface area contributed by atoms with Gasteiger partial charge in [-0.25, -0.2) is 0 Å². The lowest BCUT2D eigenvalue weighted by Crippen LogP contribution is -2.17. The van der Waals surface area contributed by atoms with Crippen molar-refractivity contribution in [3.05, 3.63) is 203 Å². The highest BCUT2D eigenvalue weighted by atomic mass is 14.9. The van der Waals surface area contributed by atoms with Gasteiger partial charge in [-0.3, -0.25) is 0 Å². The zero-order valence-electron chi connectivity index (χ0n) is 42.3. The van der Waals surface area contributed by atoms with E-state index in [4.69, 9.17) is 5.73 Å². The summed E-state index contributed by atoms with van der Waals surface area (Å²) in [7, 11) is 1.50. The van der Waals surface area contributed by atoms with Gasteiger partial charge in [0.25, 0.3) is 0 Å². The first-order valence-corrected chi connectivity index (χ1v) is 23.1. The van der Waals surface area contributed by atoms with Crippen molar-refractivity contribution < 1.29 is 0 Å². The van der Waals surface area contributed by atoms with Crippen LogP contribution in [0.25, 0.3) is 22.3 Å². The molecule has 2 aliphatic carbocycles. The Morgan fingerprint density at radius 3 is 1.97 bits per heavy atom. The molecule has 0 spiro atoms. The number of fused-ring (bicyclic) bond motifs is 4. The Morgan fingerprint density at radius 1 is 0.774 bits per heavy atom. The normalized spacial score (nSPS) is 15.2. The fraction of sp³-hybridized carbons (Fsp3) is 0.356. The minimum atomic E-state index is -0.0289. The van der Waals surface area contributed by atoms with E-state index in [1.165, 1.54) is 79.5 Å². The molecular weight excluding hydrogens is 751 g/mol. The second kappa shape index (κ2) is 33.3. The van der Waals surface area contributed by atoms with Crippen LogP contribution < -0.4 is 16.8 Å². The maximum atomic E-state index is 5.31. The standard InChI is InChI=1S/C43H47N.C7H11N.4C2H6.CH5N/c1-9-15-37-38-24-20-31(25-41(38)43(7,8)40(37)12-4)28-44-42(16-10-2)30(6)29(5)19-21-32(11-3)33-22-23-35-26-34-17-13-14-18-36(34)39(35)27-33;1-3-4-5-6-7(2)8;5*1-2/h9-25,27,29,44H,1,26,28H2,2-8H3;3-6H,1,8H2,2H3;4*1-2H3;2H2,1H3/b16-10-,21-19-,32-11+,37-15-,40-12+,42-30-;5-4-,7-6-;;;;;. The van der Waals surface area contributed by atoms with E-state index in [0.29, 0.717) is 0 Å². The van der Waals surface area contributed by atoms with Crippen LogP contribution in [0.3, 0.4) is 0 Å². The molecule has 2 aliphatic rings. The quantitative estimate of drug-likeness (QED) is 0.132. The highest BCUT2D eigenvalue weighted by Crippen LogP contribution is 2.49. The van der Waals surface area contributed by atoms with Crippen LogP contribution >= 0.6 is 0 Å². The van der Waals surface area contributed by atoms with Gasteiger partial charge in [0, 0.05) is 23.4 Å². The molecule has 5 N–H and O–H groups in total. The molecule has 3 heteroatoms. The molecule has 0 heterocycles. The molecule has 338 valence electrons. The summed E-state index contributed by atoms with van der Waals surface area (Å²) in [5, 5.41) is 3.77. The minimum Gasteiger partial charge on any atom is -0.402 e. The summed E-state index contributed by atoms with van der Waals surface area (Å²) >= 11 is 0. The molecule has 0 saturated heterocycles. The predicted octanol–water partition coefficient (Wildman–Crippen LogP) is 16.6. The van der Waals surface area contributed by atoms with Gasteiger partial charge in [0.1, 0.15) is 0 Å². The van der Waals surface area contributed by atoms with E-state index < -0.39 is 0 Å². The van der Waals surface area contributed by atoms with Gasteiger partial charge in [0.2, 0.25) is 0 Å². The van der Waals surface area contributed by atoms with E-state index in [1.54, 1.807) is 6.08 Å². The number of allylic oxidation sites excluding steroid dienone is 17. The fourth-order valence-corrected chi connectivity index (χ4v) is 7.17. The Morgan fingerprint density at radius 2 is 1.40 bits per heavy atom. The average Bonchev–Trinajstić information content (AvgIpc) is 3.79. The van der Waals surface area contributed by atoms with E-state index in [0.717, 1.165) is 18.7 Å². The molecule has 0 saturated carbocycles. The van der Waals surface area contributed by atoms with E-state index >= 15 is 0 Å². The Bertz CT molecular complexity index is 2030. The first-order valence-electron chi connectivity index (χ1n) is 23.1. The maximum Gasteiger partial charge on any atom is 0.0400 e. The van der Waals surface area contributed by atoms with E-state index in [2.05, 4.69) is 176 Å². The van der Waals surface area contributed by atoms with E-state index in [9.17, 15) is 0 Å². The van der Waals surface area contributed by atoms with Crippen LogP contribution in [0.1, 0.15) is 144 Å². The third kappa shape index (κ3) is 16.8. The van der Waals surface area contributed by atoms with Crippen LogP contribution in [0.5, 0.6) is 0 Å². The number of hydrogen-bond donors (Lipinski definition) is 3. The minimum absolute atomic E-state index is 0.0289. The summed E-state index contributed by atoms with van der Waals surface area (Å²) in [6.07, 6.45) is 25.7. The fourth-order valence-electron chi connectivity index (χ4n) is 7.17. The number of nitrogens with two attached hydrogens (primary N) is 2. The van der Waals surface area contributed by atoms with Crippen LogP contribution in [-0.2, 0) is 18.4 Å². The lowest BCUT2D eigenvalue weighted by Gasteiger charge is -2.22. The summed E-state index contributed by atoms with van der Waals surface area (Å²) in [5.74, 6) is 0.279. The Labute approximate surface area is 382 Å². The number of rotatable bonds is 11. The summed E-state index contributed by atoms with van der Waals surface area (Å²) in [5.41, 5.74) is 27.9. The van der Waals surface area contributed by atoms with Crippen molar-refractivity contribution in [2.45, 2.75) is 129 Å². The zero-order valence-corrected chi connectivity index (χ0v) is 42.3. The Hall–Kier alpha value is -5.38. The second-order valence-corrected chi connectivity index (χ2v) is 14.1. The Balaban J connectivity index is 0. The topological polar surface area (TPSA) is 64.1 Å². The Kier molecular flexibility index (Phi) is 31.5. The van der Waals surface area contributed by atoms with Gasteiger partial charge in [-0.15, -0.1) is 0 Å². The molecule has 1 unspecified atom stereocenters. The first kappa shape index (κ1) is 58.7. The van der Waals surface area contributed by atoms with Crippen molar-refractivity contribution in [3.63, 3.8) is 0 Å². The molecule has 1 atom stereocenters. The predicted molar refractivity (Wildman–Crippen MR) is 285 cm³/mol. The number of nitrogens with one attached hydrogen (secondary N) is 1. The monoisotopic (exact) mass is 838 g/mol. The van der Waals surface area contributed by atoms with Gasteiger partial charge in [-0.1, -0.05) is 205 Å². The molecule has 0 amide bonds. The van der Waals surface area contributed by atoms with Crippen molar-refractivity contribution >= 4 is 11.1 Å². The molecule has 3 aromatic carbocycles. The van der Waals surface area contributed by atoms with Gasteiger partial charge in [0.05, 0.1) is 0 Å². The van der Waals surface area contributed by atoms with Crippen LogP contribution in [0.15, 0.2) is 169 Å². The third-order valence-corrected chi connectivity index (χ3v) is 10.1.